The van der Waals surface area contributed by atoms with E-state index in [0.717, 1.165) is 5.71 Å². The van der Waals surface area contributed by atoms with Gasteiger partial charge in [0.2, 0.25) is 0 Å². The minimum Gasteiger partial charge on any atom is -0.411 e. The monoisotopic (exact) mass is 291 g/mol. The average molecular weight is 292 g/mol. The van der Waals surface area contributed by atoms with Crippen LogP contribution in [0.15, 0.2) is 4.40 Å². The van der Waals surface area contributed by atoms with Gasteiger partial charge < -0.3 is 4.43 Å². The third-order valence-corrected chi connectivity index (χ3v) is 9.21. The maximum atomic E-state index is 11.9. The Balaban J connectivity index is 4.58. The lowest BCUT2D eigenvalue weighted by Gasteiger charge is -2.36. The lowest BCUT2D eigenvalue weighted by atomic mass is 10.2. The van der Waals surface area contributed by atoms with Crippen molar-refractivity contribution >= 4 is 25.0 Å². The van der Waals surface area contributed by atoms with Gasteiger partial charge in [-0.1, -0.05) is 20.8 Å². The molecule has 0 saturated carbocycles. The van der Waals surface area contributed by atoms with E-state index in [9.17, 15) is 4.21 Å². The first-order chi connectivity index (χ1) is 7.77. The van der Waals surface area contributed by atoms with Crippen LogP contribution in [-0.4, -0.2) is 29.6 Å². The summed E-state index contributed by atoms with van der Waals surface area (Å²) < 4.78 is 21.8. The predicted octanol–water partition coefficient (Wildman–Crippen LogP) is 3.93. The van der Waals surface area contributed by atoms with E-state index >= 15 is 0 Å². The number of hydrogen-bond donors (Lipinski definition) is 0. The molecule has 5 heteroatoms. The van der Waals surface area contributed by atoms with Crippen LogP contribution in [-0.2, 0) is 15.4 Å². The van der Waals surface area contributed by atoms with Gasteiger partial charge in [-0.25, -0.2) is 4.21 Å². The smallest absolute Gasteiger partial charge is 0.192 e. The van der Waals surface area contributed by atoms with Crippen molar-refractivity contribution in [1.29, 1.82) is 0 Å². The molecule has 3 nitrogen and oxygen atoms in total. The first-order valence-corrected chi connectivity index (χ1v) is 10.4. The first kappa shape index (κ1) is 18.0. The topological polar surface area (TPSA) is 38.7 Å². The predicted molar refractivity (Wildman–Crippen MR) is 84.2 cm³/mol. The van der Waals surface area contributed by atoms with Gasteiger partial charge in [-0.05, 0) is 45.8 Å². The Bertz CT molecular complexity index is 338. The molecule has 0 saturated heterocycles. The van der Waals surface area contributed by atoms with Crippen molar-refractivity contribution in [2.45, 2.75) is 71.3 Å². The summed E-state index contributed by atoms with van der Waals surface area (Å²) in [4.78, 5) is 0. The van der Waals surface area contributed by atoms with Gasteiger partial charge in [-0.2, -0.15) is 4.40 Å². The maximum Gasteiger partial charge on any atom is 0.192 e. The fourth-order valence-corrected chi connectivity index (χ4v) is 2.42. The van der Waals surface area contributed by atoms with Crippen LogP contribution >= 0.6 is 0 Å². The summed E-state index contributed by atoms with van der Waals surface area (Å²) in [6.07, 6.45) is 0. The summed E-state index contributed by atoms with van der Waals surface area (Å²) in [6, 6.07) is 0. The van der Waals surface area contributed by atoms with Crippen LogP contribution in [0, 0.1) is 0 Å². The zero-order chi connectivity index (χ0) is 14.8. The summed E-state index contributed by atoms with van der Waals surface area (Å²) in [5.41, 5.74) is 0.813. The van der Waals surface area contributed by atoms with Gasteiger partial charge in [0, 0.05) is 0 Å². The molecule has 108 valence electrons. The molecule has 0 spiro atoms. The second kappa shape index (κ2) is 5.97. The number of nitrogens with zero attached hydrogens (tertiary/aromatic N) is 1. The van der Waals surface area contributed by atoms with E-state index in [1.54, 1.807) is 0 Å². The molecule has 0 bridgehead atoms. The Hall–Kier alpha value is -0.00312. The third-order valence-electron chi connectivity index (χ3n) is 3.21. The quantitative estimate of drug-likeness (QED) is 0.581. The molecule has 0 aromatic carbocycles. The molecule has 0 aliphatic carbocycles. The molecule has 0 aliphatic rings. The highest BCUT2D eigenvalue weighted by molar-refractivity contribution is 7.85. The molecule has 18 heavy (non-hydrogen) atoms. The number of hydrogen-bond acceptors (Lipinski definition) is 2. The van der Waals surface area contributed by atoms with E-state index < -0.39 is 19.3 Å². The van der Waals surface area contributed by atoms with Crippen LogP contribution in [0.4, 0.5) is 0 Å². The van der Waals surface area contributed by atoms with E-state index in [4.69, 9.17) is 4.43 Å². The van der Waals surface area contributed by atoms with Crippen LogP contribution in [0.5, 0.6) is 0 Å². The van der Waals surface area contributed by atoms with Crippen LogP contribution in [0.25, 0.3) is 0 Å². The van der Waals surface area contributed by atoms with E-state index in [2.05, 4.69) is 38.3 Å². The van der Waals surface area contributed by atoms with Crippen molar-refractivity contribution < 1.29 is 8.63 Å². The first-order valence-electron chi connectivity index (χ1n) is 6.37. The fourth-order valence-electron chi connectivity index (χ4n) is 0.806. The second-order valence-electron chi connectivity index (χ2n) is 7.24. The minimum absolute atomic E-state index is 0.191. The lowest BCUT2D eigenvalue weighted by Crippen LogP contribution is -2.41. The molecule has 0 N–H and O–H groups in total. The average Bonchev–Trinajstić information content (AvgIpc) is 2.11. The molecule has 0 aliphatic heterocycles. The van der Waals surface area contributed by atoms with Gasteiger partial charge >= 0.3 is 0 Å². The molecule has 0 aromatic heterocycles. The number of rotatable bonds is 4. The second-order valence-corrected chi connectivity index (χ2v) is 14.0. The zero-order valence-corrected chi connectivity index (χ0v) is 15.2. The third kappa shape index (κ3) is 5.76. The van der Waals surface area contributed by atoms with Gasteiger partial charge in [0.05, 0.1) is 17.1 Å². The van der Waals surface area contributed by atoms with Gasteiger partial charge in [0.1, 0.15) is 11.0 Å². The Kier molecular flexibility index (Phi) is 5.97. The molecule has 0 fully saturated rings. The highest BCUT2D eigenvalue weighted by Crippen LogP contribution is 2.36. The van der Waals surface area contributed by atoms with Crippen LogP contribution in [0.3, 0.4) is 0 Å². The molecular weight excluding hydrogens is 262 g/mol. The molecule has 1 unspecified atom stereocenters. The summed E-state index contributed by atoms with van der Waals surface area (Å²) >= 11 is 0. The molecule has 0 amide bonds. The molecule has 0 rings (SSSR count). The van der Waals surface area contributed by atoms with Crippen molar-refractivity contribution in [3.05, 3.63) is 0 Å². The summed E-state index contributed by atoms with van der Waals surface area (Å²) in [5, 5.41) is 0.191. The molecular formula is C13H29NO2SSi. The van der Waals surface area contributed by atoms with Crippen LogP contribution in [0.2, 0.25) is 18.1 Å². The van der Waals surface area contributed by atoms with Crippen molar-refractivity contribution in [2.75, 3.05) is 6.61 Å². The van der Waals surface area contributed by atoms with Gasteiger partial charge in [-0.3, -0.25) is 0 Å². The SMILES string of the molecule is C/C(CO[Si](C)(C)C(C)(C)C)=N\S(=O)C(C)(C)C. The van der Waals surface area contributed by atoms with Crippen LogP contribution < -0.4 is 0 Å². The van der Waals surface area contributed by atoms with Gasteiger partial charge in [-0.15, -0.1) is 0 Å². The van der Waals surface area contributed by atoms with E-state index in [1.165, 1.54) is 0 Å². The standard InChI is InChI=1S/C13H29NO2SSi/c1-11(14-17(15)12(2,3)4)10-16-18(8,9)13(5,6)7/h10H2,1-9H3/b14-11+. The summed E-state index contributed by atoms with van der Waals surface area (Å²) in [7, 11) is -2.94. The highest BCUT2D eigenvalue weighted by Gasteiger charge is 2.37. The molecule has 1 atom stereocenters. The highest BCUT2D eigenvalue weighted by atomic mass is 32.2. The van der Waals surface area contributed by atoms with Crippen molar-refractivity contribution in [2.24, 2.45) is 4.40 Å². The zero-order valence-electron chi connectivity index (χ0n) is 13.4. The Morgan fingerprint density at radius 1 is 1.17 bits per heavy atom. The summed E-state index contributed by atoms with van der Waals surface area (Å²) in [6.45, 7) is 19.2. The largest absolute Gasteiger partial charge is 0.411 e. The lowest BCUT2D eigenvalue weighted by molar-refractivity contribution is 0.340. The Labute approximate surface area is 116 Å². The van der Waals surface area contributed by atoms with Crippen LogP contribution in [0.1, 0.15) is 48.5 Å². The van der Waals surface area contributed by atoms with Gasteiger partial charge in [0.25, 0.3) is 0 Å². The fraction of sp³-hybridized carbons (Fsp3) is 0.923. The van der Waals surface area contributed by atoms with E-state index in [-0.39, 0.29) is 9.79 Å². The summed E-state index contributed by atoms with van der Waals surface area (Å²) in [5.74, 6) is 0. The van der Waals surface area contributed by atoms with Crippen molar-refractivity contribution in [1.82, 2.24) is 0 Å². The Morgan fingerprint density at radius 3 is 1.94 bits per heavy atom. The van der Waals surface area contributed by atoms with E-state index in [1.807, 2.05) is 27.7 Å². The normalized spacial score (nSPS) is 16.8. The van der Waals surface area contributed by atoms with Crippen molar-refractivity contribution in [3.8, 4) is 0 Å². The Morgan fingerprint density at radius 2 is 1.61 bits per heavy atom. The minimum atomic E-state index is -1.74. The molecule has 0 aromatic rings. The molecule has 0 radical (unpaired) electrons. The van der Waals surface area contributed by atoms with Gasteiger partial charge in [0.15, 0.2) is 8.32 Å². The van der Waals surface area contributed by atoms with E-state index in [0.29, 0.717) is 6.61 Å². The molecule has 0 heterocycles. The maximum absolute atomic E-state index is 11.9. The van der Waals surface area contributed by atoms with Crippen molar-refractivity contribution in [3.63, 3.8) is 0 Å².